The number of nitrogens with one attached hydrogen (secondary N) is 1. The van der Waals surface area contributed by atoms with Crippen LogP contribution in [0.15, 0.2) is 47.4 Å². The van der Waals surface area contributed by atoms with E-state index in [-0.39, 0.29) is 17.6 Å². The van der Waals surface area contributed by atoms with Crippen molar-refractivity contribution >= 4 is 40.6 Å². The number of amides is 3. The topological polar surface area (TPSA) is 75.7 Å². The molecule has 1 aliphatic heterocycles. The lowest BCUT2D eigenvalue weighted by molar-refractivity contribution is -0.127. The third-order valence-electron chi connectivity index (χ3n) is 5.03. The molecule has 0 saturated carbocycles. The number of aryl methyl sites for hydroxylation is 2. The third kappa shape index (κ3) is 5.35. The second kappa shape index (κ2) is 9.83. The first-order chi connectivity index (χ1) is 14.8. The Kier molecular flexibility index (Phi) is 7.17. The van der Waals surface area contributed by atoms with Gasteiger partial charge in [0.05, 0.1) is 11.0 Å². The minimum absolute atomic E-state index is 0.0261. The Bertz CT molecular complexity index is 1030. The van der Waals surface area contributed by atoms with Crippen LogP contribution in [-0.4, -0.2) is 34.6 Å². The highest BCUT2D eigenvalue weighted by molar-refractivity contribution is 8.18. The average molecular weight is 439 g/mol. The number of nitrogens with zero attached hydrogens (tertiary/aromatic N) is 1. The van der Waals surface area contributed by atoms with Crippen LogP contribution in [0.4, 0.5) is 10.5 Å². The summed E-state index contributed by atoms with van der Waals surface area (Å²) in [5.41, 5.74) is 3.25. The van der Waals surface area contributed by atoms with Crippen molar-refractivity contribution in [2.24, 2.45) is 0 Å². The van der Waals surface area contributed by atoms with Gasteiger partial charge in [0.2, 0.25) is 5.91 Å². The first-order valence-electron chi connectivity index (χ1n) is 10.2. The summed E-state index contributed by atoms with van der Waals surface area (Å²) in [7, 11) is 0. The van der Waals surface area contributed by atoms with Crippen LogP contribution >= 0.6 is 11.8 Å². The van der Waals surface area contributed by atoms with Crippen molar-refractivity contribution in [1.82, 2.24) is 4.90 Å². The average Bonchev–Trinajstić information content (AvgIpc) is 2.99. The van der Waals surface area contributed by atoms with Gasteiger partial charge in [0.25, 0.3) is 11.1 Å². The Morgan fingerprint density at radius 3 is 2.48 bits per heavy atom. The smallest absolute Gasteiger partial charge is 0.294 e. The van der Waals surface area contributed by atoms with Crippen molar-refractivity contribution in [2.75, 3.05) is 11.9 Å². The first kappa shape index (κ1) is 22.6. The minimum Gasteiger partial charge on any atom is -0.490 e. The molecule has 31 heavy (non-hydrogen) atoms. The number of carbonyl (C=O) groups excluding carboxylic acids is 3. The normalized spacial score (nSPS) is 16.0. The van der Waals surface area contributed by atoms with Crippen LogP contribution in [0.2, 0.25) is 0 Å². The number of ether oxygens (including phenoxy) is 1. The molecular formula is C24H26N2O4S. The molecule has 3 amide bonds. The molecule has 0 spiro atoms. The number of benzene rings is 2. The molecule has 1 saturated heterocycles. The van der Waals surface area contributed by atoms with Gasteiger partial charge in [-0.25, -0.2) is 0 Å². The zero-order chi connectivity index (χ0) is 22.5. The van der Waals surface area contributed by atoms with E-state index in [9.17, 15) is 14.4 Å². The first-order valence-corrected chi connectivity index (χ1v) is 11.0. The van der Waals surface area contributed by atoms with Crippen molar-refractivity contribution in [3.63, 3.8) is 0 Å². The van der Waals surface area contributed by atoms with E-state index in [4.69, 9.17) is 4.74 Å². The molecule has 2 aromatic carbocycles. The van der Waals surface area contributed by atoms with Gasteiger partial charge in [-0.15, -0.1) is 0 Å². The SMILES string of the molecule is CC[C@@H](C)Oc1ccccc1/C=C1/SC(=O)N(CC(=O)Nc2c(C)cccc2C)C1=O. The van der Waals surface area contributed by atoms with E-state index in [1.807, 2.05) is 70.2 Å². The molecule has 162 valence electrons. The molecule has 0 bridgehead atoms. The zero-order valence-corrected chi connectivity index (χ0v) is 18.9. The highest BCUT2D eigenvalue weighted by Crippen LogP contribution is 2.34. The standard InChI is InChI=1S/C24H26N2O4S/c1-5-17(4)30-19-12-7-6-11-18(19)13-20-23(28)26(24(29)31-20)14-21(27)25-22-15(2)9-8-10-16(22)3/h6-13,17H,5,14H2,1-4H3,(H,25,27)/b20-13+/t17-/m1/s1. The molecule has 7 heteroatoms. The van der Waals surface area contributed by atoms with E-state index in [0.717, 1.165) is 34.2 Å². The summed E-state index contributed by atoms with van der Waals surface area (Å²) in [6.45, 7) is 7.46. The number of para-hydroxylation sites is 2. The van der Waals surface area contributed by atoms with Crippen molar-refractivity contribution in [1.29, 1.82) is 0 Å². The number of carbonyl (C=O) groups is 3. The molecular weight excluding hydrogens is 412 g/mol. The fourth-order valence-corrected chi connectivity index (χ4v) is 3.95. The summed E-state index contributed by atoms with van der Waals surface area (Å²) >= 11 is 0.828. The highest BCUT2D eigenvalue weighted by atomic mass is 32.2. The molecule has 0 radical (unpaired) electrons. The Balaban J connectivity index is 1.75. The predicted molar refractivity (Wildman–Crippen MR) is 124 cm³/mol. The maximum Gasteiger partial charge on any atom is 0.294 e. The minimum atomic E-state index is -0.481. The molecule has 1 fully saturated rings. The second-order valence-corrected chi connectivity index (χ2v) is 8.45. The zero-order valence-electron chi connectivity index (χ0n) is 18.1. The fourth-order valence-electron chi connectivity index (χ4n) is 3.12. The molecule has 3 rings (SSSR count). The van der Waals surface area contributed by atoms with E-state index in [1.54, 1.807) is 6.08 Å². The lowest BCUT2D eigenvalue weighted by atomic mass is 10.1. The molecule has 1 atom stereocenters. The van der Waals surface area contributed by atoms with Gasteiger partial charge in [0, 0.05) is 11.3 Å². The third-order valence-corrected chi connectivity index (χ3v) is 5.94. The molecule has 1 aliphatic rings. The summed E-state index contributed by atoms with van der Waals surface area (Å²) in [6.07, 6.45) is 2.52. The Morgan fingerprint density at radius 1 is 1.13 bits per heavy atom. The van der Waals surface area contributed by atoms with Gasteiger partial charge in [-0.3, -0.25) is 19.3 Å². The number of thioether (sulfide) groups is 1. The van der Waals surface area contributed by atoms with Crippen LogP contribution in [0, 0.1) is 13.8 Å². The number of anilines is 1. The molecule has 6 nitrogen and oxygen atoms in total. The monoisotopic (exact) mass is 438 g/mol. The van der Waals surface area contributed by atoms with E-state index in [2.05, 4.69) is 5.32 Å². The molecule has 1 heterocycles. The fraction of sp³-hybridized carbons (Fsp3) is 0.292. The van der Waals surface area contributed by atoms with Gasteiger partial charge in [0.1, 0.15) is 12.3 Å². The van der Waals surface area contributed by atoms with Gasteiger partial charge in [-0.05, 0) is 62.2 Å². The van der Waals surface area contributed by atoms with Crippen molar-refractivity contribution < 1.29 is 19.1 Å². The van der Waals surface area contributed by atoms with Crippen LogP contribution in [-0.2, 0) is 9.59 Å². The molecule has 2 aromatic rings. The van der Waals surface area contributed by atoms with E-state index in [0.29, 0.717) is 17.0 Å². The van der Waals surface area contributed by atoms with E-state index < -0.39 is 17.1 Å². The summed E-state index contributed by atoms with van der Waals surface area (Å²) in [4.78, 5) is 39.0. The maximum atomic E-state index is 12.8. The van der Waals surface area contributed by atoms with Crippen LogP contribution in [0.5, 0.6) is 5.75 Å². The molecule has 0 unspecified atom stereocenters. The molecule has 1 N–H and O–H groups in total. The van der Waals surface area contributed by atoms with Crippen molar-refractivity contribution in [2.45, 2.75) is 40.2 Å². The summed E-state index contributed by atoms with van der Waals surface area (Å²) < 4.78 is 5.92. The Hall–Kier alpha value is -3.06. The lowest BCUT2D eigenvalue weighted by Crippen LogP contribution is -2.36. The van der Waals surface area contributed by atoms with Crippen LogP contribution in [0.1, 0.15) is 37.0 Å². The Morgan fingerprint density at radius 2 is 1.81 bits per heavy atom. The predicted octanol–water partition coefficient (Wildman–Crippen LogP) is 5.16. The van der Waals surface area contributed by atoms with Gasteiger partial charge in [0.15, 0.2) is 0 Å². The van der Waals surface area contributed by atoms with E-state index in [1.165, 1.54) is 0 Å². The quantitative estimate of drug-likeness (QED) is 0.605. The second-order valence-electron chi connectivity index (χ2n) is 7.46. The van der Waals surface area contributed by atoms with Crippen LogP contribution in [0.25, 0.3) is 6.08 Å². The molecule has 0 aliphatic carbocycles. The number of hydrogen-bond acceptors (Lipinski definition) is 5. The van der Waals surface area contributed by atoms with Gasteiger partial charge in [-0.1, -0.05) is 43.3 Å². The lowest BCUT2D eigenvalue weighted by Gasteiger charge is -2.15. The van der Waals surface area contributed by atoms with Gasteiger partial charge >= 0.3 is 0 Å². The molecule has 0 aromatic heterocycles. The van der Waals surface area contributed by atoms with Crippen molar-refractivity contribution in [3.8, 4) is 5.75 Å². The number of imide groups is 1. The summed E-state index contributed by atoms with van der Waals surface area (Å²) in [5, 5.41) is 2.35. The highest BCUT2D eigenvalue weighted by Gasteiger charge is 2.36. The largest absolute Gasteiger partial charge is 0.490 e. The Labute approximate surface area is 186 Å². The number of hydrogen-bond donors (Lipinski definition) is 1. The summed E-state index contributed by atoms with van der Waals surface area (Å²) in [5.74, 6) is -0.247. The van der Waals surface area contributed by atoms with Crippen LogP contribution in [0.3, 0.4) is 0 Å². The number of rotatable bonds is 7. The van der Waals surface area contributed by atoms with Gasteiger partial charge < -0.3 is 10.1 Å². The summed E-state index contributed by atoms with van der Waals surface area (Å²) in [6, 6.07) is 13.1. The van der Waals surface area contributed by atoms with E-state index >= 15 is 0 Å². The maximum absolute atomic E-state index is 12.8. The van der Waals surface area contributed by atoms with Crippen molar-refractivity contribution in [3.05, 3.63) is 64.1 Å². The van der Waals surface area contributed by atoms with Crippen LogP contribution < -0.4 is 10.1 Å². The van der Waals surface area contributed by atoms with Gasteiger partial charge in [-0.2, -0.15) is 0 Å².